The average Bonchev–Trinajstić information content (AvgIpc) is 3.32. The number of aryl methyl sites for hydroxylation is 1. The molecule has 3 fully saturated rings. The largest absolute Gasteiger partial charge is 0.353 e. The summed E-state index contributed by atoms with van der Waals surface area (Å²) in [5, 5.41) is 12.2. The predicted molar refractivity (Wildman–Crippen MR) is 141 cm³/mol. The van der Waals surface area contributed by atoms with Gasteiger partial charge in [0.1, 0.15) is 17.7 Å². The number of aromatic nitrogens is 5. The van der Waals surface area contributed by atoms with Crippen molar-refractivity contribution in [2.45, 2.75) is 80.7 Å². The summed E-state index contributed by atoms with van der Waals surface area (Å²) in [5.74, 6) is -4.63. The first kappa shape index (κ1) is 25.5. The normalized spacial score (nSPS) is 23.0. The molecule has 4 aromatic rings. The standard InChI is InChI=1S/C29H30F4N6O/c1-38-16-35-37-26(38)27(14-29(32,33)15-27)18-3-2-4-21(9-18)39-13-23(17-5-6-17)22-10-20(36-24(22)25(39)40)12-34-19-7-8-28(30,31)11-19/h2-4,9-10,13,16-17,19,34,36H,5-8,11-12,14-15H2,1H3. The van der Waals surface area contributed by atoms with Crippen LogP contribution in [-0.2, 0) is 19.0 Å². The van der Waals surface area contributed by atoms with Crippen LogP contribution in [0.15, 0.2) is 47.7 Å². The molecule has 0 bridgehead atoms. The van der Waals surface area contributed by atoms with Gasteiger partial charge in [0.15, 0.2) is 0 Å². The van der Waals surface area contributed by atoms with Crippen molar-refractivity contribution in [3.63, 3.8) is 0 Å². The van der Waals surface area contributed by atoms with Gasteiger partial charge >= 0.3 is 0 Å². The third-order valence-electron chi connectivity index (χ3n) is 8.82. The van der Waals surface area contributed by atoms with Gasteiger partial charge < -0.3 is 14.9 Å². The summed E-state index contributed by atoms with van der Waals surface area (Å²) in [4.78, 5) is 17.0. The molecule has 40 heavy (non-hydrogen) atoms. The number of pyridine rings is 1. The van der Waals surface area contributed by atoms with E-state index in [0.717, 1.165) is 29.5 Å². The molecule has 210 valence electrons. The Morgan fingerprint density at radius 1 is 1.10 bits per heavy atom. The molecular weight excluding hydrogens is 524 g/mol. The van der Waals surface area contributed by atoms with Crippen LogP contribution < -0.4 is 10.9 Å². The molecule has 7 nitrogen and oxygen atoms in total. The number of fused-ring (bicyclic) bond motifs is 1. The number of hydrogen-bond acceptors (Lipinski definition) is 4. The summed E-state index contributed by atoms with van der Waals surface area (Å²) >= 11 is 0. The number of rotatable bonds is 7. The zero-order chi connectivity index (χ0) is 27.9. The van der Waals surface area contributed by atoms with Gasteiger partial charge in [0, 0.05) is 68.3 Å². The topological polar surface area (TPSA) is 80.5 Å². The Bertz CT molecular complexity index is 1660. The number of aromatic amines is 1. The van der Waals surface area contributed by atoms with Gasteiger partial charge in [-0.3, -0.25) is 9.36 Å². The van der Waals surface area contributed by atoms with Gasteiger partial charge in [0.2, 0.25) is 5.92 Å². The number of H-pyrrole nitrogens is 1. The smallest absolute Gasteiger partial charge is 0.279 e. The Morgan fingerprint density at radius 3 is 2.55 bits per heavy atom. The van der Waals surface area contributed by atoms with E-state index in [-0.39, 0.29) is 37.3 Å². The summed E-state index contributed by atoms with van der Waals surface area (Å²) in [6, 6.07) is 8.89. The molecule has 0 spiro atoms. The van der Waals surface area contributed by atoms with Crippen LogP contribution in [0.1, 0.15) is 73.5 Å². The number of nitrogens with one attached hydrogen (secondary N) is 2. The Hall–Kier alpha value is -3.47. The van der Waals surface area contributed by atoms with Crippen LogP contribution in [0.25, 0.3) is 16.6 Å². The van der Waals surface area contributed by atoms with Gasteiger partial charge in [-0.2, -0.15) is 0 Å². The van der Waals surface area contributed by atoms with Gasteiger partial charge in [-0.25, -0.2) is 17.6 Å². The first-order valence-electron chi connectivity index (χ1n) is 13.8. The number of hydrogen-bond donors (Lipinski definition) is 2. The number of benzene rings is 1. The average molecular weight is 555 g/mol. The lowest BCUT2D eigenvalue weighted by molar-refractivity contribution is -0.116. The van der Waals surface area contributed by atoms with Gasteiger partial charge in [0.25, 0.3) is 11.5 Å². The lowest BCUT2D eigenvalue weighted by atomic mass is 9.61. The molecule has 1 atom stereocenters. The van der Waals surface area contributed by atoms with Crippen LogP contribution in [0.5, 0.6) is 0 Å². The highest BCUT2D eigenvalue weighted by molar-refractivity contribution is 5.84. The minimum Gasteiger partial charge on any atom is -0.353 e. The van der Waals surface area contributed by atoms with Gasteiger partial charge in [-0.05, 0) is 54.5 Å². The lowest BCUT2D eigenvalue weighted by Gasteiger charge is -2.46. The first-order chi connectivity index (χ1) is 19.0. The number of nitrogens with zero attached hydrogens (tertiary/aromatic N) is 4. The second-order valence-electron chi connectivity index (χ2n) is 11.9. The van der Waals surface area contributed by atoms with Crippen molar-refractivity contribution in [3.8, 4) is 5.69 Å². The molecule has 3 aliphatic rings. The first-order valence-corrected chi connectivity index (χ1v) is 13.8. The molecule has 3 aromatic heterocycles. The van der Waals surface area contributed by atoms with E-state index in [1.165, 1.54) is 6.33 Å². The van der Waals surface area contributed by atoms with E-state index < -0.39 is 17.3 Å². The highest BCUT2D eigenvalue weighted by atomic mass is 19.3. The number of alkyl halides is 4. The molecular formula is C29H30F4N6O. The summed E-state index contributed by atoms with van der Waals surface area (Å²) in [6.07, 6.45) is 4.80. The van der Waals surface area contributed by atoms with Gasteiger partial charge in [-0.1, -0.05) is 12.1 Å². The number of halogens is 4. The molecule has 7 rings (SSSR count). The van der Waals surface area contributed by atoms with Crippen LogP contribution in [0.4, 0.5) is 17.6 Å². The van der Waals surface area contributed by atoms with E-state index >= 15 is 0 Å². The molecule has 3 heterocycles. The second kappa shape index (κ2) is 8.76. The molecule has 2 N–H and O–H groups in total. The highest BCUT2D eigenvalue weighted by Gasteiger charge is 2.60. The highest BCUT2D eigenvalue weighted by Crippen LogP contribution is 2.56. The Labute approximate surface area is 227 Å². The van der Waals surface area contributed by atoms with Crippen molar-refractivity contribution >= 4 is 10.9 Å². The Balaban J connectivity index is 1.26. The molecule has 3 aliphatic carbocycles. The molecule has 1 aromatic carbocycles. The summed E-state index contributed by atoms with van der Waals surface area (Å²) in [5.41, 5.74) is 2.28. The van der Waals surface area contributed by atoms with Gasteiger partial charge in [-0.15, -0.1) is 10.2 Å². The third kappa shape index (κ3) is 4.25. The fourth-order valence-corrected chi connectivity index (χ4v) is 6.67. The molecule has 0 aliphatic heterocycles. The van der Waals surface area contributed by atoms with Gasteiger partial charge in [0.05, 0.1) is 5.41 Å². The summed E-state index contributed by atoms with van der Waals surface area (Å²) < 4.78 is 59.1. The molecule has 0 radical (unpaired) electrons. The van der Waals surface area contributed by atoms with Crippen LogP contribution in [0, 0.1) is 0 Å². The zero-order valence-electron chi connectivity index (χ0n) is 22.1. The molecule has 1 unspecified atom stereocenters. The van der Waals surface area contributed by atoms with E-state index in [2.05, 4.69) is 20.5 Å². The maximum Gasteiger partial charge on any atom is 0.279 e. The maximum atomic E-state index is 14.3. The fraction of sp³-hybridized carbons (Fsp3) is 0.483. The van der Waals surface area contributed by atoms with E-state index in [1.807, 2.05) is 18.3 Å². The van der Waals surface area contributed by atoms with Crippen molar-refractivity contribution in [1.29, 1.82) is 0 Å². The molecule has 0 saturated heterocycles. The van der Waals surface area contributed by atoms with Crippen LogP contribution in [0.3, 0.4) is 0 Å². The molecule has 11 heteroatoms. The van der Waals surface area contributed by atoms with Crippen LogP contribution in [0.2, 0.25) is 0 Å². The van der Waals surface area contributed by atoms with E-state index in [4.69, 9.17) is 0 Å². The van der Waals surface area contributed by atoms with E-state index in [0.29, 0.717) is 41.5 Å². The monoisotopic (exact) mass is 554 g/mol. The maximum absolute atomic E-state index is 14.3. The Kier molecular flexibility index (Phi) is 5.59. The SMILES string of the molecule is Cn1cnnc1C1(c2cccc(-n3cc(C4CC4)c4cc(CNC5CCC(F)(F)C5)[nH]c4c3=O)c2)CC(F)(F)C1. The Morgan fingerprint density at radius 2 is 1.90 bits per heavy atom. The van der Waals surface area contributed by atoms with Crippen molar-refractivity contribution in [1.82, 2.24) is 29.6 Å². The van der Waals surface area contributed by atoms with Crippen molar-refractivity contribution in [3.05, 3.63) is 75.9 Å². The third-order valence-corrected chi connectivity index (χ3v) is 8.82. The second-order valence-corrected chi connectivity index (χ2v) is 11.9. The molecule has 3 saturated carbocycles. The summed E-state index contributed by atoms with van der Waals surface area (Å²) in [7, 11) is 1.74. The molecule has 0 amide bonds. The van der Waals surface area contributed by atoms with Crippen LogP contribution >= 0.6 is 0 Å². The minimum atomic E-state index is -2.81. The van der Waals surface area contributed by atoms with E-state index in [1.54, 1.807) is 34.4 Å². The predicted octanol–water partition coefficient (Wildman–Crippen LogP) is 5.32. The lowest BCUT2D eigenvalue weighted by Crippen LogP contribution is -2.51. The van der Waals surface area contributed by atoms with Crippen molar-refractivity contribution in [2.24, 2.45) is 7.05 Å². The zero-order valence-corrected chi connectivity index (χ0v) is 22.1. The van der Waals surface area contributed by atoms with Crippen molar-refractivity contribution < 1.29 is 17.6 Å². The fourth-order valence-electron chi connectivity index (χ4n) is 6.67. The van der Waals surface area contributed by atoms with E-state index in [9.17, 15) is 22.4 Å². The summed E-state index contributed by atoms with van der Waals surface area (Å²) in [6.45, 7) is 0.364. The quantitative estimate of drug-likeness (QED) is 0.303. The minimum absolute atomic E-state index is 0.109. The van der Waals surface area contributed by atoms with Crippen LogP contribution in [-0.4, -0.2) is 42.2 Å². The van der Waals surface area contributed by atoms with Crippen molar-refractivity contribution in [2.75, 3.05) is 0 Å².